The predicted molar refractivity (Wildman–Crippen MR) is 71.6 cm³/mol. The first-order valence-electron chi connectivity index (χ1n) is 6.95. The third-order valence-electron chi connectivity index (χ3n) is 3.74. The summed E-state index contributed by atoms with van der Waals surface area (Å²) < 4.78 is 5.94. The highest BCUT2D eigenvalue weighted by Gasteiger charge is 2.34. The van der Waals surface area contributed by atoms with Crippen molar-refractivity contribution in [1.29, 1.82) is 0 Å². The van der Waals surface area contributed by atoms with Crippen LogP contribution in [0.2, 0.25) is 0 Å². The van der Waals surface area contributed by atoms with E-state index in [9.17, 15) is 0 Å². The van der Waals surface area contributed by atoms with Gasteiger partial charge in [0.15, 0.2) is 0 Å². The maximum absolute atomic E-state index is 6.37. The molecular weight excluding hydrogens is 198 g/mol. The molecule has 16 heavy (non-hydrogen) atoms. The molecule has 0 bridgehead atoms. The fraction of sp³-hybridized carbons (Fsp3) is 1.00. The fourth-order valence-electron chi connectivity index (χ4n) is 2.63. The molecule has 0 aromatic carbocycles. The highest BCUT2D eigenvalue weighted by atomic mass is 16.5. The summed E-state index contributed by atoms with van der Waals surface area (Å²) in [6, 6.07) is 0.170. The first-order valence-corrected chi connectivity index (χ1v) is 6.95. The second-order valence-corrected chi connectivity index (χ2v) is 4.94. The Morgan fingerprint density at radius 2 is 1.69 bits per heavy atom. The van der Waals surface area contributed by atoms with Crippen molar-refractivity contribution in [3.63, 3.8) is 0 Å². The van der Waals surface area contributed by atoms with E-state index in [1.54, 1.807) is 0 Å². The predicted octanol–water partition coefficient (Wildman–Crippen LogP) is 3.74. The summed E-state index contributed by atoms with van der Waals surface area (Å²) in [4.78, 5) is 0. The van der Waals surface area contributed by atoms with Gasteiger partial charge in [0.05, 0.1) is 5.60 Å². The minimum Gasteiger partial charge on any atom is -0.374 e. The monoisotopic (exact) mass is 229 g/mol. The van der Waals surface area contributed by atoms with Gasteiger partial charge in [0.1, 0.15) is 0 Å². The molecule has 2 N–H and O–H groups in total. The molecule has 0 radical (unpaired) electrons. The van der Waals surface area contributed by atoms with Crippen molar-refractivity contribution in [3.8, 4) is 0 Å². The largest absolute Gasteiger partial charge is 0.374 e. The number of ether oxygens (including phenoxy) is 1. The van der Waals surface area contributed by atoms with Crippen LogP contribution >= 0.6 is 0 Å². The standard InChI is InChI=1S/C14H31NO/c1-6-10-12(5)11-13(15)14(7-2,8-3)16-9-4/h12-13H,6-11,15H2,1-5H3. The topological polar surface area (TPSA) is 35.2 Å². The summed E-state index contributed by atoms with van der Waals surface area (Å²) in [5, 5.41) is 0. The van der Waals surface area contributed by atoms with Crippen LogP contribution in [0.5, 0.6) is 0 Å². The molecule has 0 spiro atoms. The van der Waals surface area contributed by atoms with Crippen molar-refractivity contribution < 1.29 is 4.74 Å². The van der Waals surface area contributed by atoms with Gasteiger partial charge in [0.25, 0.3) is 0 Å². The van der Waals surface area contributed by atoms with Gasteiger partial charge in [-0.2, -0.15) is 0 Å². The molecule has 0 aromatic heterocycles. The number of hydrogen-bond donors (Lipinski definition) is 1. The van der Waals surface area contributed by atoms with Crippen LogP contribution in [0, 0.1) is 5.92 Å². The van der Waals surface area contributed by atoms with E-state index < -0.39 is 0 Å². The number of rotatable bonds is 9. The van der Waals surface area contributed by atoms with Crippen LogP contribution in [0.4, 0.5) is 0 Å². The average molecular weight is 229 g/mol. The minimum absolute atomic E-state index is 0.100. The van der Waals surface area contributed by atoms with Crippen molar-refractivity contribution in [2.24, 2.45) is 11.7 Å². The Labute approximate surface area is 102 Å². The molecule has 0 aromatic rings. The molecule has 0 aliphatic heterocycles. The molecule has 0 rings (SSSR count). The Morgan fingerprint density at radius 1 is 1.12 bits per heavy atom. The van der Waals surface area contributed by atoms with Gasteiger partial charge in [-0.3, -0.25) is 0 Å². The van der Waals surface area contributed by atoms with Gasteiger partial charge in [-0.05, 0) is 32.1 Å². The van der Waals surface area contributed by atoms with Crippen LogP contribution in [0.3, 0.4) is 0 Å². The Kier molecular flexibility index (Phi) is 8.04. The molecule has 0 fully saturated rings. The van der Waals surface area contributed by atoms with Gasteiger partial charge in [-0.25, -0.2) is 0 Å². The second kappa shape index (κ2) is 8.08. The van der Waals surface area contributed by atoms with Crippen molar-refractivity contribution in [1.82, 2.24) is 0 Å². The van der Waals surface area contributed by atoms with E-state index in [1.165, 1.54) is 12.8 Å². The summed E-state index contributed by atoms with van der Waals surface area (Å²) in [6.07, 6.45) is 5.61. The Morgan fingerprint density at radius 3 is 2.06 bits per heavy atom. The molecule has 0 heterocycles. The molecule has 0 aliphatic carbocycles. The maximum atomic E-state index is 6.37. The van der Waals surface area contributed by atoms with Crippen molar-refractivity contribution in [2.45, 2.75) is 78.4 Å². The molecular formula is C14H31NO. The lowest BCUT2D eigenvalue weighted by molar-refractivity contribution is -0.0677. The molecule has 2 nitrogen and oxygen atoms in total. The molecule has 98 valence electrons. The van der Waals surface area contributed by atoms with E-state index in [4.69, 9.17) is 10.5 Å². The van der Waals surface area contributed by atoms with E-state index in [1.807, 2.05) is 0 Å². The van der Waals surface area contributed by atoms with Crippen LogP contribution in [0.1, 0.15) is 66.7 Å². The van der Waals surface area contributed by atoms with Gasteiger partial charge in [-0.1, -0.05) is 40.5 Å². The Balaban J connectivity index is 4.41. The van der Waals surface area contributed by atoms with Gasteiger partial charge in [-0.15, -0.1) is 0 Å². The molecule has 2 atom stereocenters. The van der Waals surface area contributed by atoms with Crippen LogP contribution in [0.25, 0.3) is 0 Å². The second-order valence-electron chi connectivity index (χ2n) is 4.94. The lowest BCUT2D eigenvalue weighted by atomic mass is 9.82. The molecule has 0 aliphatic rings. The van der Waals surface area contributed by atoms with Crippen LogP contribution in [-0.2, 0) is 4.74 Å². The Hall–Kier alpha value is -0.0800. The van der Waals surface area contributed by atoms with Crippen LogP contribution in [-0.4, -0.2) is 18.2 Å². The van der Waals surface area contributed by atoms with E-state index >= 15 is 0 Å². The molecule has 0 saturated carbocycles. The van der Waals surface area contributed by atoms with Gasteiger partial charge in [0.2, 0.25) is 0 Å². The number of nitrogens with two attached hydrogens (primary N) is 1. The zero-order chi connectivity index (χ0) is 12.6. The molecule has 2 heteroatoms. The van der Waals surface area contributed by atoms with Gasteiger partial charge in [0, 0.05) is 12.6 Å². The quantitative estimate of drug-likeness (QED) is 0.654. The first-order chi connectivity index (χ1) is 7.56. The zero-order valence-electron chi connectivity index (χ0n) is 11.9. The summed E-state index contributed by atoms with van der Waals surface area (Å²) in [5.74, 6) is 0.706. The van der Waals surface area contributed by atoms with E-state index in [0.29, 0.717) is 5.92 Å². The summed E-state index contributed by atoms with van der Waals surface area (Å²) in [6.45, 7) is 11.7. The molecule has 0 amide bonds. The van der Waals surface area contributed by atoms with E-state index in [0.717, 1.165) is 25.9 Å². The van der Waals surface area contributed by atoms with Crippen molar-refractivity contribution >= 4 is 0 Å². The zero-order valence-corrected chi connectivity index (χ0v) is 11.9. The summed E-state index contributed by atoms with van der Waals surface area (Å²) in [5.41, 5.74) is 6.27. The third kappa shape index (κ3) is 4.42. The Bertz CT molecular complexity index is 166. The van der Waals surface area contributed by atoms with E-state index in [-0.39, 0.29) is 11.6 Å². The van der Waals surface area contributed by atoms with Crippen LogP contribution in [0.15, 0.2) is 0 Å². The maximum Gasteiger partial charge on any atom is 0.0827 e. The van der Waals surface area contributed by atoms with Gasteiger partial charge < -0.3 is 10.5 Å². The summed E-state index contributed by atoms with van der Waals surface area (Å²) in [7, 11) is 0. The van der Waals surface area contributed by atoms with Crippen LogP contribution < -0.4 is 5.73 Å². The normalized spacial score (nSPS) is 16.1. The molecule has 0 saturated heterocycles. The van der Waals surface area contributed by atoms with Crippen molar-refractivity contribution in [3.05, 3.63) is 0 Å². The smallest absolute Gasteiger partial charge is 0.0827 e. The minimum atomic E-state index is -0.100. The third-order valence-corrected chi connectivity index (χ3v) is 3.74. The lowest BCUT2D eigenvalue weighted by Gasteiger charge is -2.38. The molecule has 2 unspecified atom stereocenters. The number of hydrogen-bond acceptors (Lipinski definition) is 2. The summed E-state index contributed by atoms with van der Waals surface area (Å²) >= 11 is 0. The van der Waals surface area contributed by atoms with Gasteiger partial charge >= 0.3 is 0 Å². The van der Waals surface area contributed by atoms with E-state index in [2.05, 4.69) is 34.6 Å². The lowest BCUT2D eigenvalue weighted by Crippen LogP contribution is -2.50. The highest BCUT2D eigenvalue weighted by molar-refractivity contribution is 4.90. The average Bonchev–Trinajstić information content (AvgIpc) is 2.26. The fourth-order valence-corrected chi connectivity index (χ4v) is 2.63. The highest BCUT2D eigenvalue weighted by Crippen LogP contribution is 2.28. The van der Waals surface area contributed by atoms with Crippen molar-refractivity contribution in [2.75, 3.05) is 6.61 Å². The SMILES string of the molecule is CCCC(C)CC(N)C(CC)(CC)OCC. The first kappa shape index (κ1) is 15.9.